The fourth-order valence-corrected chi connectivity index (χ4v) is 1.10. The lowest BCUT2D eigenvalue weighted by Gasteiger charge is -1.98. The number of aromatic amines is 2. The van der Waals surface area contributed by atoms with Crippen LogP contribution in [0.1, 0.15) is 11.1 Å². The molecule has 0 fully saturated rings. The first kappa shape index (κ1) is 8.00. The molecule has 0 atom stereocenters. The van der Waals surface area contributed by atoms with Gasteiger partial charge in [-0.15, -0.1) is 0 Å². The number of hydrogen-bond acceptors (Lipinski definition) is 3. The Bertz CT molecular complexity index is 289. The number of rotatable bonds is 4. The van der Waals surface area contributed by atoms with Crippen LogP contribution >= 0.6 is 0 Å². The summed E-state index contributed by atoms with van der Waals surface area (Å²) in [6.07, 6.45) is 7.37. The molecule has 0 amide bonds. The molecule has 0 spiro atoms. The molecule has 0 aliphatic rings. The molecule has 0 saturated heterocycles. The van der Waals surface area contributed by atoms with Crippen molar-refractivity contribution in [2.24, 2.45) is 0 Å². The third-order valence-corrected chi connectivity index (χ3v) is 1.77. The zero-order valence-electron chi connectivity index (χ0n) is 7.12. The molecule has 2 rings (SSSR count). The highest BCUT2D eigenvalue weighted by atomic mass is 15.1. The van der Waals surface area contributed by atoms with Gasteiger partial charge in [0.15, 0.2) is 0 Å². The summed E-state index contributed by atoms with van der Waals surface area (Å²) in [6.45, 7) is 1.64. The molecule has 5 heteroatoms. The van der Waals surface area contributed by atoms with Crippen LogP contribution in [0.5, 0.6) is 0 Å². The Morgan fingerprint density at radius 1 is 1.00 bits per heavy atom. The van der Waals surface area contributed by atoms with E-state index >= 15 is 0 Å². The van der Waals surface area contributed by atoms with Crippen molar-refractivity contribution in [1.82, 2.24) is 25.7 Å². The Kier molecular flexibility index (Phi) is 2.38. The van der Waals surface area contributed by atoms with Crippen LogP contribution in [-0.2, 0) is 13.1 Å². The molecule has 2 heterocycles. The van der Waals surface area contributed by atoms with Crippen molar-refractivity contribution in [2.45, 2.75) is 13.1 Å². The lowest BCUT2D eigenvalue weighted by atomic mass is 10.3. The number of H-pyrrole nitrogens is 2. The van der Waals surface area contributed by atoms with Crippen molar-refractivity contribution < 1.29 is 0 Å². The van der Waals surface area contributed by atoms with Crippen LogP contribution in [0.2, 0.25) is 0 Å². The average Bonchev–Trinajstić information content (AvgIpc) is 2.75. The van der Waals surface area contributed by atoms with Crippen LogP contribution in [0, 0.1) is 0 Å². The van der Waals surface area contributed by atoms with Crippen molar-refractivity contribution in [3.8, 4) is 0 Å². The van der Waals surface area contributed by atoms with E-state index in [-0.39, 0.29) is 0 Å². The number of hydrogen-bond donors (Lipinski definition) is 3. The molecule has 0 bridgehead atoms. The van der Waals surface area contributed by atoms with Gasteiger partial charge >= 0.3 is 0 Å². The van der Waals surface area contributed by atoms with E-state index in [0.29, 0.717) is 0 Å². The van der Waals surface area contributed by atoms with Gasteiger partial charge < -0.3 is 5.32 Å². The Labute approximate surface area is 75.6 Å². The monoisotopic (exact) mass is 177 g/mol. The van der Waals surface area contributed by atoms with Crippen molar-refractivity contribution in [3.63, 3.8) is 0 Å². The topological polar surface area (TPSA) is 69.4 Å². The smallest absolute Gasteiger partial charge is 0.0532 e. The van der Waals surface area contributed by atoms with Gasteiger partial charge in [0.1, 0.15) is 0 Å². The van der Waals surface area contributed by atoms with E-state index in [4.69, 9.17) is 0 Å². The molecule has 0 aliphatic heterocycles. The first-order chi connectivity index (χ1) is 6.45. The second-order valence-electron chi connectivity index (χ2n) is 2.82. The van der Waals surface area contributed by atoms with Gasteiger partial charge in [0, 0.05) is 36.6 Å². The maximum atomic E-state index is 3.85. The summed E-state index contributed by atoms with van der Waals surface area (Å²) < 4.78 is 0. The second kappa shape index (κ2) is 3.86. The van der Waals surface area contributed by atoms with E-state index < -0.39 is 0 Å². The predicted molar refractivity (Wildman–Crippen MR) is 47.7 cm³/mol. The van der Waals surface area contributed by atoms with Crippen LogP contribution in [-0.4, -0.2) is 20.4 Å². The maximum absolute atomic E-state index is 3.85. The summed E-state index contributed by atoms with van der Waals surface area (Å²) in [5.74, 6) is 0. The number of nitrogens with zero attached hydrogens (tertiary/aromatic N) is 2. The van der Waals surface area contributed by atoms with Gasteiger partial charge in [-0.3, -0.25) is 10.2 Å². The van der Waals surface area contributed by atoms with E-state index in [2.05, 4.69) is 25.7 Å². The van der Waals surface area contributed by atoms with E-state index in [0.717, 1.165) is 24.2 Å². The molecule has 0 aliphatic carbocycles. The molecular weight excluding hydrogens is 166 g/mol. The Hall–Kier alpha value is -1.62. The van der Waals surface area contributed by atoms with Gasteiger partial charge in [-0.2, -0.15) is 10.2 Å². The van der Waals surface area contributed by atoms with Crippen LogP contribution in [0.15, 0.2) is 24.8 Å². The second-order valence-corrected chi connectivity index (χ2v) is 2.82. The van der Waals surface area contributed by atoms with Crippen molar-refractivity contribution in [3.05, 3.63) is 35.9 Å². The number of aromatic nitrogens is 4. The van der Waals surface area contributed by atoms with Crippen LogP contribution < -0.4 is 5.32 Å². The minimum atomic E-state index is 0.821. The quantitative estimate of drug-likeness (QED) is 0.634. The molecule has 13 heavy (non-hydrogen) atoms. The zero-order chi connectivity index (χ0) is 8.93. The van der Waals surface area contributed by atoms with Crippen molar-refractivity contribution in [1.29, 1.82) is 0 Å². The molecule has 0 saturated carbocycles. The first-order valence-corrected chi connectivity index (χ1v) is 4.11. The minimum absolute atomic E-state index is 0.821. The highest BCUT2D eigenvalue weighted by Crippen LogP contribution is 1.95. The molecular formula is C8H11N5. The largest absolute Gasteiger partial charge is 0.308 e. The summed E-state index contributed by atoms with van der Waals surface area (Å²) >= 11 is 0. The van der Waals surface area contributed by atoms with E-state index in [9.17, 15) is 0 Å². The van der Waals surface area contributed by atoms with E-state index in [1.807, 2.05) is 24.8 Å². The number of nitrogens with one attached hydrogen (secondary N) is 3. The summed E-state index contributed by atoms with van der Waals surface area (Å²) in [5, 5.41) is 16.5. The first-order valence-electron chi connectivity index (χ1n) is 4.11. The SMILES string of the molecule is c1n[nH]cc1CNCc1cn[nH]c1. The Morgan fingerprint density at radius 2 is 1.54 bits per heavy atom. The van der Waals surface area contributed by atoms with E-state index in [1.165, 1.54) is 0 Å². The highest BCUT2D eigenvalue weighted by molar-refractivity contribution is 5.04. The molecule has 0 aromatic carbocycles. The van der Waals surface area contributed by atoms with Gasteiger partial charge in [-0.05, 0) is 0 Å². The van der Waals surface area contributed by atoms with Gasteiger partial charge in [0.25, 0.3) is 0 Å². The lowest BCUT2D eigenvalue weighted by Crippen LogP contribution is -2.11. The van der Waals surface area contributed by atoms with Crippen LogP contribution in [0.25, 0.3) is 0 Å². The summed E-state index contributed by atoms with van der Waals surface area (Å²) in [4.78, 5) is 0. The Morgan fingerprint density at radius 3 is 1.92 bits per heavy atom. The molecule has 3 N–H and O–H groups in total. The van der Waals surface area contributed by atoms with Gasteiger partial charge in [-0.1, -0.05) is 0 Å². The van der Waals surface area contributed by atoms with Gasteiger partial charge in [-0.25, -0.2) is 0 Å². The van der Waals surface area contributed by atoms with Gasteiger partial charge in [0.05, 0.1) is 12.4 Å². The predicted octanol–water partition coefficient (Wildman–Crippen LogP) is 0.423. The molecule has 2 aromatic rings. The standard InChI is InChI=1S/C8H11N5/c1(7-3-10-11-4-7)9-2-8-5-12-13-6-8/h3-6,9H,1-2H2,(H,10,11)(H,12,13). The minimum Gasteiger partial charge on any atom is -0.308 e. The molecule has 5 nitrogen and oxygen atoms in total. The highest BCUT2D eigenvalue weighted by Gasteiger charge is 1.94. The third-order valence-electron chi connectivity index (χ3n) is 1.77. The van der Waals surface area contributed by atoms with Crippen molar-refractivity contribution >= 4 is 0 Å². The molecule has 68 valence electrons. The normalized spacial score (nSPS) is 10.5. The third kappa shape index (κ3) is 2.16. The summed E-state index contributed by atoms with van der Waals surface area (Å²) in [5.41, 5.74) is 2.31. The van der Waals surface area contributed by atoms with Crippen LogP contribution in [0.4, 0.5) is 0 Å². The maximum Gasteiger partial charge on any atom is 0.0532 e. The lowest BCUT2D eigenvalue weighted by molar-refractivity contribution is 0.694. The fraction of sp³-hybridized carbons (Fsp3) is 0.250. The fourth-order valence-electron chi connectivity index (χ4n) is 1.10. The van der Waals surface area contributed by atoms with Gasteiger partial charge in [0.2, 0.25) is 0 Å². The summed E-state index contributed by atoms with van der Waals surface area (Å²) in [6, 6.07) is 0. The van der Waals surface area contributed by atoms with Crippen molar-refractivity contribution in [2.75, 3.05) is 0 Å². The Balaban J connectivity index is 1.76. The zero-order valence-corrected chi connectivity index (χ0v) is 7.12. The summed E-state index contributed by atoms with van der Waals surface area (Å²) in [7, 11) is 0. The average molecular weight is 177 g/mol. The van der Waals surface area contributed by atoms with Crippen LogP contribution in [0.3, 0.4) is 0 Å². The van der Waals surface area contributed by atoms with E-state index in [1.54, 1.807) is 0 Å². The molecule has 2 aromatic heterocycles. The molecule has 0 unspecified atom stereocenters. The molecule has 0 radical (unpaired) electrons.